The highest BCUT2D eigenvalue weighted by Gasteiger charge is 2.15. The van der Waals surface area contributed by atoms with Gasteiger partial charge in [-0.25, -0.2) is 18.6 Å². The summed E-state index contributed by atoms with van der Waals surface area (Å²) in [4.78, 5) is 14.5. The summed E-state index contributed by atoms with van der Waals surface area (Å²) in [6.07, 6.45) is 1.29. The van der Waals surface area contributed by atoms with Gasteiger partial charge in [-0.2, -0.15) is 0 Å². The van der Waals surface area contributed by atoms with Crippen LogP contribution in [0, 0.1) is 11.6 Å². The molecule has 0 fully saturated rings. The molecule has 0 unspecified atom stereocenters. The molecule has 0 saturated heterocycles. The van der Waals surface area contributed by atoms with E-state index in [0.717, 1.165) is 24.3 Å². The predicted molar refractivity (Wildman–Crippen MR) is 57.6 cm³/mol. The summed E-state index contributed by atoms with van der Waals surface area (Å²) in [5.74, 6) is -3.38. The topological polar surface area (TPSA) is 59.4 Å². The third-order valence-electron chi connectivity index (χ3n) is 2.10. The van der Waals surface area contributed by atoms with E-state index in [0.29, 0.717) is 0 Å². The number of halogens is 2. The Morgan fingerprint density at radius 1 is 1.28 bits per heavy atom. The van der Waals surface area contributed by atoms with E-state index in [1.807, 2.05) is 0 Å². The molecule has 92 valence electrons. The Kier molecular flexibility index (Phi) is 3.18. The minimum Gasteiger partial charge on any atom is -0.478 e. The van der Waals surface area contributed by atoms with Crippen LogP contribution in [0.1, 0.15) is 10.4 Å². The Morgan fingerprint density at radius 3 is 2.72 bits per heavy atom. The fourth-order valence-corrected chi connectivity index (χ4v) is 1.31. The van der Waals surface area contributed by atoms with Crippen LogP contribution in [-0.4, -0.2) is 16.1 Å². The molecule has 4 nitrogen and oxygen atoms in total. The molecule has 1 aromatic carbocycles. The number of aromatic carboxylic acids is 1. The first-order chi connectivity index (χ1) is 8.58. The molecule has 2 aromatic rings. The third kappa shape index (κ3) is 2.42. The van der Waals surface area contributed by atoms with Gasteiger partial charge in [-0.15, -0.1) is 0 Å². The van der Waals surface area contributed by atoms with Crippen molar-refractivity contribution in [1.29, 1.82) is 0 Å². The second-order valence-electron chi connectivity index (χ2n) is 3.34. The summed E-state index contributed by atoms with van der Waals surface area (Å²) in [5.41, 5.74) is -0.403. The zero-order chi connectivity index (χ0) is 13.1. The maximum atomic E-state index is 13.3. The van der Waals surface area contributed by atoms with E-state index >= 15 is 0 Å². The zero-order valence-corrected chi connectivity index (χ0v) is 8.93. The molecule has 6 heteroatoms. The van der Waals surface area contributed by atoms with E-state index in [1.54, 1.807) is 0 Å². The number of rotatable bonds is 3. The summed E-state index contributed by atoms with van der Waals surface area (Å²) in [5, 5.41) is 8.88. The summed E-state index contributed by atoms with van der Waals surface area (Å²) < 4.78 is 31.2. The van der Waals surface area contributed by atoms with Gasteiger partial charge >= 0.3 is 5.97 Å². The molecule has 0 aliphatic rings. The largest absolute Gasteiger partial charge is 0.478 e. The van der Waals surface area contributed by atoms with Gasteiger partial charge in [-0.3, -0.25) is 0 Å². The molecule has 0 atom stereocenters. The molecule has 0 amide bonds. The third-order valence-corrected chi connectivity index (χ3v) is 2.10. The molecule has 0 saturated carbocycles. The lowest BCUT2D eigenvalue weighted by atomic mass is 10.2. The zero-order valence-electron chi connectivity index (χ0n) is 8.93. The number of hydrogen-bond donors (Lipinski definition) is 1. The summed E-state index contributed by atoms with van der Waals surface area (Å²) >= 11 is 0. The van der Waals surface area contributed by atoms with Gasteiger partial charge in [0.15, 0.2) is 5.82 Å². The van der Waals surface area contributed by atoms with Crippen LogP contribution in [0.15, 0.2) is 36.5 Å². The monoisotopic (exact) mass is 251 g/mol. The lowest BCUT2D eigenvalue weighted by Crippen LogP contribution is -2.02. The fourth-order valence-electron chi connectivity index (χ4n) is 1.31. The summed E-state index contributed by atoms with van der Waals surface area (Å²) in [6.45, 7) is 0. The number of nitrogens with zero attached hydrogens (tertiary/aromatic N) is 1. The SMILES string of the molecule is O=C(O)c1cc(F)ccc1Oc1ncccc1F. The van der Waals surface area contributed by atoms with Crippen LogP contribution in [0.4, 0.5) is 8.78 Å². The molecular formula is C12H7F2NO3. The van der Waals surface area contributed by atoms with Gasteiger partial charge in [0, 0.05) is 6.20 Å². The van der Waals surface area contributed by atoms with Crippen molar-refractivity contribution in [1.82, 2.24) is 4.98 Å². The molecule has 0 spiro atoms. The first-order valence-corrected chi connectivity index (χ1v) is 4.89. The second kappa shape index (κ2) is 4.79. The lowest BCUT2D eigenvalue weighted by molar-refractivity contribution is 0.0693. The highest BCUT2D eigenvalue weighted by Crippen LogP contribution is 2.26. The van der Waals surface area contributed by atoms with Gasteiger partial charge in [0.1, 0.15) is 17.1 Å². The van der Waals surface area contributed by atoms with Crippen molar-refractivity contribution in [2.75, 3.05) is 0 Å². The van der Waals surface area contributed by atoms with Crippen molar-refractivity contribution in [2.24, 2.45) is 0 Å². The first-order valence-electron chi connectivity index (χ1n) is 4.89. The van der Waals surface area contributed by atoms with Crippen LogP contribution in [0.25, 0.3) is 0 Å². The fraction of sp³-hybridized carbons (Fsp3) is 0. The maximum Gasteiger partial charge on any atom is 0.339 e. The van der Waals surface area contributed by atoms with Gasteiger partial charge in [-0.05, 0) is 30.3 Å². The number of carboxylic acids is 1. The van der Waals surface area contributed by atoms with Crippen molar-refractivity contribution >= 4 is 5.97 Å². The Hall–Kier alpha value is -2.50. The van der Waals surface area contributed by atoms with Crippen molar-refractivity contribution in [3.8, 4) is 11.6 Å². The van der Waals surface area contributed by atoms with E-state index < -0.39 is 23.2 Å². The Bertz CT molecular complexity index is 602. The van der Waals surface area contributed by atoms with Crippen LogP contribution in [0.5, 0.6) is 11.6 Å². The first kappa shape index (κ1) is 12.0. The van der Waals surface area contributed by atoms with Gasteiger partial charge in [0.2, 0.25) is 0 Å². The Labute approximate surface area is 100 Å². The molecule has 18 heavy (non-hydrogen) atoms. The average Bonchev–Trinajstić information content (AvgIpc) is 2.34. The molecule has 1 heterocycles. The number of pyridine rings is 1. The van der Waals surface area contributed by atoms with Gasteiger partial charge < -0.3 is 9.84 Å². The van der Waals surface area contributed by atoms with E-state index in [9.17, 15) is 13.6 Å². The molecule has 0 aliphatic carbocycles. The number of aromatic nitrogens is 1. The molecule has 1 aromatic heterocycles. The molecular weight excluding hydrogens is 244 g/mol. The Balaban J connectivity index is 2.41. The van der Waals surface area contributed by atoms with Crippen LogP contribution < -0.4 is 4.74 Å². The number of carbonyl (C=O) groups is 1. The Morgan fingerprint density at radius 2 is 2.06 bits per heavy atom. The summed E-state index contributed by atoms with van der Waals surface area (Å²) in [7, 11) is 0. The van der Waals surface area contributed by atoms with Crippen LogP contribution >= 0.6 is 0 Å². The lowest BCUT2D eigenvalue weighted by Gasteiger charge is -2.08. The van der Waals surface area contributed by atoms with Crippen LogP contribution in [0.2, 0.25) is 0 Å². The molecule has 0 bridgehead atoms. The minimum absolute atomic E-state index is 0.179. The van der Waals surface area contributed by atoms with E-state index in [-0.39, 0.29) is 11.6 Å². The van der Waals surface area contributed by atoms with E-state index in [2.05, 4.69) is 4.98 Å². The van der Waals surface area contributed by atoms with Crippen LogP contribution in [-0.2, 0) is 0 Å². The van der Waals surface area contributed by atoms with E-state index in [4.69, 9.17) is 9.84 Å². The van der Waals surface area contributed by atoms with Gasteiger partial charge in [0.25, 0.3) is 5.88 Å². The molecule has 0 aliphatic heterocycles. The number of ether oxygens (including phenoxy) is 1. The smallest absolute Gasteiger partial charge is 0.339 e. The molecule has 2 rings (SSSR count). The molecule has 0 radical (unpaired) electrons. The van der Waals surface area contributed by atoms with Crippen molar-refractivity contribution in [3.63, 3.8) is 0 Å². The molecule has 1 N–H and O–H groups in total. The van der Waals surface area contributed by atoms with Gasteiger partial charge in [0.05, 0.1) is 0 Å². The highest BCUT2D eigenvalue weighted by atomic mass is 19.1. The summed E-state index contributed by atoms with van der Waals surface area (Å²) in [6, 6.07) is 5.39. The predicted octanol–water partition coefficient (Wildman–Crippen LogP) is 2.85. The maximum absolute atomic E-state index is 13.3. The van der Waals surface area contributed by atoms with Crippen molar-refractivity contribution in [3.05, 3.63) is 53.7 Å². The quantitative estimate of drug-likeness (QED) is 0.911. The van der Waals surface area contributed by atoms with Crippen LogP contribution in [0.3, 0.4) is 0 Å². The second-order valence-corrected chi connectivity index (χ2v) is 3.34. The van der Waals surface area contributed by atoms with Crippen molar-refractivity contribution in [2.45, 2.75) is 0 Å². The standard InChI is InChI=1S/C12H7F2NO3/c13-7-3-4-10(8(6-7)12(16)17)18-11-9(14)2-1-5-15-11/h1-6H,(H,16,17). The number of benzene rings is 1. The normalized spacial score (nSPS) is 10.1. The van der Waals surface area contributed by atoms with Crippen molar-refractivity contribution < 1.29 is 23.4 Å². The van der Waals surface area contributed by atoms with Gasteiger partial charge in [-0.1, -0.05) is 0 Å². The van der Waals surface area contributed by atoms with E-state index in [1.165, 1.54) is 12.3 Å². The minimum atomic E-state index is -1.37. The highest BCUT2D eigenvalue weighted by molar-refractivity contribution is 5.90. The number of carboxylic acid groups (broad SMARTS) is 1. The number of hydrogen-bond acceptors (Lipinski definition) is 3. The average molecular weight is 251 g/mol.